The Kier molecular flexibility index (Phi) is 7.25. The van der Waals surface area contributed by atoms with Gasteiger partial charge in [0.1, 0.15) is 0 Å². The van der Waals surface area contributed by atoms with Gasteiger partial charge in [-0.2, -0.15) is 0 Å². The van der Waals surface area contributed by atoms with Crippen LogP contribution in [0.4, 0.5) is 0 Å². The second kappa shape index (κ2) is 9.22. The predicted molar refractivity (Wildman–Crippen MR) is 91.2 cm³/mol. The van der Waals surface area contributed by atoms with Gasteiger partial charge < -0.3 is 0 Å². The third-order valence-corrected chi connectivity index (χ3v) is 4.92. The van der Waals surface area contributed by atoms with Crippen molar-refractivity contribution in [2.24, 2.45) is 5.84 Å². The number of fused-ring (bicyclic) bond motifs is 1. The topological polar surface area (TPSA) is 38.0 Å². The lowest BCUT2D eigenvalue weighted by molar-refractivity contribution is 0.390. The standard InChI is InChI=1S/C19H32N2/c1-2-3-4-5-6-7-8-12-18(21-20)15-17-14-16-11-9-10-13-19(16)17/h9-11,13,17-18,21H,2-8,12,14-15,20H2,1H3. The highest BCUT2D eigenvalue weighted by Crippen LogP contribution is 2.38. The molecule has 3 N–H and O–H groups in total. The maximum Gasteiger partial charge on any atom is 0.0216 e. The largest absolute Gasteiger partial charge is 0.271 e. The summed E-state index contributed by atoms with van der Waals surface area (Å²) in [6, 6.07) is 9.33. The highest BCUT2D eigenvalue weighted by atomic mass is 15.2. The maximum atomic E-state index is 5.75. The number of rotatable bonds is 11. The van der Waals surface area contributed by atoms with Gasteiger partial charge in [-0.25, -0.2) is 0 Å². The fourth-order valence-electron chi connectivity index (χ4n) is 3.53. The lowest BCUT2D eigenvalue weighted by Gasteiger charge is -2.33. The second-order valence-electron chi connectivity index (χ2n) is 6.61. The van der Waals surface area contributed by atoms with Crippen molar-refractivity contribution in [3.63, 3.8) is 0 Å². The zero-order valence-corrected chi connectivity index (χ0v) is 13.6. The molecule has 0 fully saturated rings. The van der Waals surface area contributed by atoms with Gasteiger partial charge in [-0.15, -0.1) is 0 Å². The van der Waals surface area contributed by atoms with Crippen LogP contribution < -0.4 is 11.3 Å². The van der Waals surface area contributed by atoms with E-state index in [1.54, 1.807) is 5.56 Å². The number of unbranched alkanes of at least 4 members (excludes halogenated alkanes) is 6. The summed E-state index contributed by atoms with van der Waals surface area (Å²) >= 11 is 0. The Morgan fingerprint density at radius 1 is 1.10 bits per heavy atom. The van der Waals surface area contributed by atoms with E-state index in [1.807, 2.05) is 0 Å². The molecular formula is C19H32N2. The van der Waals surface area contributed by atoms with Gasteiger partial charge in [0.25, 0.3) is 0 Å². The van der Waals surface area contributed by atoms with Crippen LogP contribution in [0.25, 0.3) is 0 Å². The van der Waals surface area contributed by atoms with E-state index in [0.29, 0.717) is 6.04 Å². The monoisotopic (exact) mass is 288 g/mol. The lowest BCUT2D eigenvalue weighted by atomic mass is 9.74. The highest BCUT2D eigenvalue weighted by molar-refractivity contribution is 5.39. The fourth-order valence-corrected chi connectivity index (χ4v) is 3.53. The minimum absolute atomic E-state index is 0.485. The Bertz CT molecular complexity index is 402. The van der Waals surface area contributed by atoms with Crippen LogP contribution in [0.15, 0.2) is 24.3 Å². The minimum Gasteiger partial charge on any atom is -0.271 e. The summed E-state index contributed by atoms with van der Waals surface area (Å²) in [7, 11) is 0. The van der Waals surface area contributed by atoms with E-state index in [-0.39, 0.29) is 0 Å². The Morgan fingerprint density at radius 3 is 2.52 bits per heavy atom. The molecule has 1 aliphatic rings. The molecule has 1 aliphatic carbocycles. The Hall–Kier alpha value is -0.860. The van der Waals surface area contributed by atoms with Gasteiger partial charge in [0.15, 0.2) is 0 Å². The first kappa shape index (κ1) is 16.5. The van der Waals surface area contributed by atoms with Gasteiger partial charge in [-0.05, 0) is 36.3 Å². The summed E-state index contributed by atoms with van der Waals surface area (Å²) in [4.78, 5) is 0. The molecule has 0 amide bonds. The molecule has 1 aromatic rings. The van der Waals surface area contributed by atoms with E-state index in [1.165, 1.54) is 69.8 Å². The summed E-state index contributed by atoms with van der Waals surface area (Å²) in [5.74, 6) is 6.48. The van der Waals surface area contributed by atoms with Crippen LogP contribution >= 0.6 is 0 Å². The van der Waals surface area contributed by atoms with Crippen molar-refractivity contribution in [2.45, 2.75) is 83.1 Å². The van der Waals surface area contributed by atoms with Crippen LogP contribution in [0.5, 0.6) is 0 Å². The number of hydrogen-bond donors (Lipinski definition) is 2. The van der Waals surface area contributed by atoms with E-state index >= 15 is 0 Å². The molecule has 0 aromatic heterocycles. The van der Waals surface area contributed by atoms with E-state index in [9.17, 15) is 0 Å². The predicted octanol–water partition coefficient (Wildman–Crippen LogP) is 4.69. The van der Waals surface area contributed by atoms with Gasteiger partial charge in [-0.3, -0.25) is 11.3 Å². The van der Waals surface area contributed by atoms with Crippen LogP contribution in [-0.4, -0.2) is 6.04 Å². The molecule has 0 radical (unpaired) electrons. The summed E-state index contributed by atoms with van der Waals surface area (Å²) in [5, 5.41) is 0. The molecule has 2 rings (SSSR count). The molecule has 21 heavy (non-hydrogen) atoms. The Balaban J connectivity index is 1.59. The molecule has 2 atom stereocenters. The fraction of sp³-hybridized carbons (Fsp3) is 0.684. The molecule has 118 valence electrons. The van der Waals surface area contributed by atoms with E-state index in [4.69, 9.17) is 5.84 Å². The highest BCUT2D eigenvalue weighted by Gasteiger charge is 2.27. The van der Waals surface area contributed by atoms with Gasteiger partial charge in [-0.1, -0.05) is 76.1 Å². The number of hydrazine groups is 1. The molecule has 0 spiro atoms. The van der Waals surface area contributed by atoms with Crippen molar-refractivity contribution in [1.29, 1.82) is 0 Å². The van der Waals surface area contributed by atoms with Crippen LogP contribution in [0.1, 0.15) is 81.8 Å². The third kappa shape index (κ3) is 5.12. The first-order chi connectivity index (χ1) is 10.3. The first-order valence-electron chi connectivity index (χ1n) is 8.89. The molecule has 2 nitrogen and oxygen atoms in total. The molecule has 0 saturated carbocycles. The van der Waals surface area contributed by atoms with Crippen molar-refractivity contribution in [2.75, 3.05) is 0 Å². The molecule has 0 heterocycles. The van der Waals surface area contributed by atoms with Crippen molar-refractivity contribution >= 4 is 0 Å². The summed E-state index contributed by atoms with van der Waals surface area (Å²) in [6.07, 6.45) is 13.3. The minimum atomic E-state index is 0.485. The smallest absolute Gasteiger partial charge is 0.0216 e. The van der Waals surface area contributed by atoms with Crippen LogP contribution in [0.3, 0.4) is 0 Å². The lowest BCUT2D eigenvalue weighted by Crippen LogP contribution is -2.37. The molecule has 2 unspecified atom stereocenters. The maximum absolute atomic E-state index is 5.75. The normalized spacial score (nSPS) is 18.1. The van der Waals surface area contributed by atoms with Gasteiger partial charge >= 0.3 is 0 Å². The summed E-state index contributed by atoms with van der Waals surface area (Å²) in [5.41, 5.74) is 6.13. The quantitative estimate of drug-likeness (QED) is 0.352. The van der Waals surface area contributed by atoms with Crippen molar-refractivity contribution in [1.82, 2.24) is 5.43 Å². The second-order valence-corrected chi connectivity index (χ2v) is 6.61. The van der Waals surface area contributed by atoms with Crippen molar-refractivity contribution in [3.8, 4) is 0 Å². The zero-order chi connectivity index (χ0) is 14.9. The number of benzene rings is 1. The Labute approximate surface area is 130 Å². The van der Waals surface area contributed by atoms with E-state index < -0.39 is 0 Å². The van der Waals surface area contributed by atoms with Crippen LogP contribution in [-0.2, 0) is 6.42 Å². The Morgan fingerprint density at radius 2 is 1.81 bits per heavy atom. The van der Waals surface area contributed by atoms with Crippen LogP contribution in [0.2, 0.25) is 0 Å². The van der Waals surface area contributed by atoms with Gasteiger partial charge in [0.2, 0.25) is 0 Å². The molecular weight excluding hydrogens is 256 g/mol. The number of nitrogens with two attached hydrogens (primary N) is 1. The molecule has 0 saturated heterocycles. The van der Waals surface area contributed by atoms with Crippen molar-refractivity contribution < 1.29 is 0 Å². The summed E-state index contributed by atoms with van der Waals surface area (Å²) in [6.45, 7) is 2.27. The SMILES string of the molecule is CCCCCCCCCC(CC1Cc2ccccc21)NN. The number of nitrogens with one attached hydrogen (secondary N) is 1. The first-order valence-corrected chi connectivity index (χ1v) is 8.89. The average molecular weight is 288 g/mol. The van der Waals surface area contributed by atoms with Gasteiger partial charge in [0, 0.05) is 6.04 Å². The third-order valence-electron chi connectivity index (χ3n) is 4.92. The average Bonchev–Trinajstić information content (AvgIpc) is 2.49. The van der Waals surface area contributed by atoms with E-state index in [0.717, 1.165) is 5.92 Å². The molecule has 1 aromatic carbocycles. The molecule has 0 bridgehead atoms. The molecule has 0 aliphatic heterocycles. The molecule has 2 heteroatoms. The van der Waals surface area contributed by atoms with E-state index in [2.05, 4.69) is 36.6 Å². The van der Waals surface area contributed by atoms with Gasteiger partial charge in [0.05, 0.1) is 0 Å². The van der Waals surface area contributed by atoms with Crippen molar-refractivity contribution in [3.05, 3.63) is 35.4 Å². The zero-order valence-electron chi connectivity index (χ0n) is 13.6. The number of hydrogen-bond acceptors (Lipinski definition) is 2. The summed E-state index contributed by atoms with van der Waals surface area (Å²) < 4.78 is 0. The van der Waals surface area contributed by atoms with Crippen LogP contribution in [0, 0.1) is 0 Å².